The first kappa shape index (κ1) is 12.1. The number of halogens is 4. The number of alkyl halides is 1. The zero-order valence-corrected chi connectivity index (χ0v) is 10.4. The average Bonchev–Trinajstić information content (AvgIpc) is 2.34. The van der Waals surface area contributed by atoms with E-state index in [0.29, 0.717) is 24.3 Å². The van der Waals surface area contributed by atoms with Gasteiger partial charge in [0.15, 0.2) is 11.6 Å². The van der Waals surface area contributed by atoms with Crippen LogP contribution >= 0.6 is 23.2 Å². The van der Waals surface area contributed by atoms with E-state index in [0.717, 1.165) is 12.5 Å². The molecule has 0 bridgehead atoms. The van der Waals surface area contributed by atoms with E-state index in [9.17, 15) is 8.78 Å². The Morgan fingerprint density at radius 2 is 2.06 bits per heavy atom. The molecule has 0 heterocycles. The molecule has 1 aliphatic carbocycles. The molecule has 0 aliphatic heterocycles. The molecular weight excluding hydrogens is 253 g/mol. The highest BCUT2D eigenvalue weighted by atomic mass is 35.5. The summed E-state index contributed by atoms with van der Waals surface area (Å²) in [6.07, 6.45) is 2.22. The highest BCUT2D eigenvalue weighted by Crippen LogP contribution is 2.40. The minimum absolute atomic E-state index is 0.260. The maximum absolute atomic E-state index is 13.7. The van der Waals surface area contributed by atoms with Gasteiger partial charge in [0.25, 0.3) is 0 Å². The van der Waals surface area contributed by atoms with E-state index in [1.165, 1.54) is 0 Å². The molecule has 0 amide bonds. The lowest BCUT2D eigenvalue weighted by Gasteiger charge is -2.14. The molecule has 1 aromatic carbocycles. The van der Waals surface area contributed by atoms with Crippen LogP contribution < -0.4 is 0 Å². The van der Waals surface area contributed by atoms with Gasteiger partial charge >= 0.3 is 0 Å². The van der Waals surface area contributed by atoms with Crippen molar-refractivity contribution in [2.45, 2.75) is 31.6 Å². The molecule has 0 saturated heterocycles. The second-order valence-electron chi connectivity index (χ2n) is 4.39. The van der Waals surface area contributed by atoms with Crippen molar-refractivity contribution in [3.05, 3.63) is 33.9 Å². The quantitative estimate of drug-likeness (QED) is 0.356. The summed E-state index contributed by atoms with van der Waals surface area (Å²) in [5.74, 6) is -1.36. The minimum atomic E-state index is -0.913. The lowest BCUT2D eigenvalue weighted by atomic mass is 10.0. The monoisotopic (exact) mass is 264 g/mol. The van der Waals surface area contributed by atoms with Crippen LogP contribution in [0, 0.1) is 17.6 Å². The predicted molar refractivity (Wildman–Crippen MR) is 62.1 cm³/mol. The number of fused-ring (bicyclic) bond motifs is 1. The fourth-order valence-corrected chi connectivity index (χ4v) is 3.04. The molecule has 0 saturated carbocycles. The Kier molecular flexibility index (Phi) is 3.41. The largest absolute Gasteiger partial charge is 0.204 e. The molecule has 0 spiro atoms. The third-order valence-corrected chi connectivity index (χ3v) is 3.86. The predicted octanol–water partition coefficient (Wildman–Crippen LogP) is 4.87. The van der Waals surface area contributed by atoms with E-state index in [1.54, 1.807) is 0 Å². The Bertz CT molecular complexity index is 418. The fourth-order valence-electron chi connectivity index (χ4n) is 2.21. The molecule has 2 unspecified atom stereocenters. The molecule has 0 radical (unpaired) electrons. The van der Waals surface area contributed by atoms with Gasteiger partial charge in [-0.3, -0.25) is 0 Å². The molecule has 1 aliphatic rings. The summed E-state index contributed by atoms with van der Waals surface area (Å²) >= 11 is 12.1. The molecule has 0 N–H and O–H groups in total. The zero-order chi connectivity index (χ0) is 11.9. The molecule has 2 rings (SSSR count). The van der Waals surface area contributed by atoms with Crippen molar-refractivity contribution < 1.29 is 8.78 Å². The van der Waals surface area contributed by atoms with Gasteiger partial charge in [-0.1, -0.05) is 18.5 Å². The Morgan fingerprint density at radius 1 is 1.38 bits per heavy atom. The van der Waals surface area contributed by atoms with Crippen LogP contribution in [0.1, 0.15) is 36.3 Å². The van der Waals surface area contributed by atoms with Crippen molar-refractivity contribution in [1.82, 2.24) is 0 Å². The van der Waals surface area contributed by atoms with Crippen molar-refractivity contribution in [2.24, 2.45) is 5.92 Å². The molecule has 2 atom stereocenters. The molecule has 0 nitrogen and oxygen atoms in total. The van der Waals surface area contributed by atoms with Gasteiger partial charge in [0, 0.05) is 10.6 Å². The topological polar surface area (TPSA) is 0 Å². The Hall–Kier alpha value is -0.340. The number of hydrogen-bond acceptors (Lipinski definition) is 0. The normalized spacial score (nSPS) is 25.1. The number of rotatable bonds is 0. The third kappa shape index (κ3) is 2.05. The summed E-state index contributed by atoms with van der Waals surface area (Å²) < 4.78 is 27.0. The summed E-state index contributed by atoms with van der Waals surface area (Å²) in [7, 11) is 0. The summed E-state index contributed by atoms with van der Waals surface area (Å²) in [6, 6.07) is 1.04. The van der Waals surface area contributed by atoms with E-state index in [-0.39, 0.29) is 10.6 Å². The fraction of sp³-hybridized carbons (Fsp3) is 0.500. The van der Waals surface area contributed by atoms with E-state index in [1.807, 2.05) is 0 Å². The van der Waals surface area contributed by atoms with Crippen LogP contribution in [0.25, 0.3) is 0 Å². The van der Waals surface area contributed by atoms with Crippen molar-refractivity contribution in [1.29, 1.82) is 0 Å². The van der Waals surface area contributed by atoms with Crippen LogP contribution in [0.3, 0.4) is 0 Å². The summed E-state index contributed by atoms with van der Waals surface area (Å²) in [6.45, 7) is 2.06. The van der Waals surface area contributed by atoms with Crippen LogP contribution in [-0.2, 0) is 6.42 Å². The van der Waals surface area contributed by atoms with Crippen molar-refractivity contribution >= 4 is 23.2 Å². The lowest BCUT2D eigenvalue weighted by molar-refractivity contribution is 0.481. The lowest BCUT2D eigenvalue weighted by Crippen LogP contribution is -2.02. The Morgan fingerprint density at radius 3 is 2.75 bits per heavy atom. The Balaban J connectivity index is 2.59. The van der Waals surface area contributed by atoms with E-state index < -0.39 is 17.0 Å². The second-order valence-corrected chi connectivity index (χ2v) is 5.33. The third-order valence-electron chi connectivity index (χ3n) is 3.12. The standard InChI is InChI=1S/C12H12Cl2F2/c1-6-2-3-7-8(13)5-10(15)12(16)11(7)9(14)4-6/h5-6,9H,2-4H2,1H3. The summed E-state index contributed by atoms with van der Waals surface area (Å²) in [5.41, 5.74) is 0.931. The first-order valence-electron chi connectivity index (χ1n) is 5.31. The van der Waals surface area contributed by atoms with Crippen molar-refractivity contribution in [3.8, 4) is 0 Å². The van der Waals surface area contributed by atoms with Gasteiger partial charge in [-0.05, 0) is 36.8 Å². The minimum Gasteiger partial charge on any atom is -0.204 e. The van der Waals surface area contributed by atoms with E-state index in [4.69, 9.17) is 23.2 Å². The first-order valence-corrected chi connectivity index (χ1v) is 6.12. The SMILES string of the molecule is CC1CCc2c(Cl)cc(F)c(F)c2C(Cl)C1. The zero-order valence-electron chi connectivity index (χ0n) is 8.87. The molecule has 16 heavy (non-hydrogen) atoms. The molecule has 88 valence electrons. The maximum atomic E-state index is 13.7. The van der Waals surface area contributed by atoms with E-state index in [2.05, 4.69) is 6.92 Å². The summed E-state index contributed by atoms with van der Waals surface area (Å²) in [5, 5.41) is -0.200. The van der Waals surface area contributed by atoms with Gasteiger partial charge in [0.05, 0.1) is 5.38 Å². The highest BCUT2D eigenvalue weighted by molar-refractivity contribution is 6.31. The van der Waals surface area contributed by atoms with Gasteiger partial charge in [-0.15, -0.1) is 11.6 Å². The van der Waals surface area contributed by atoms with Crippen LogP contribution in [-0.4, -0.2) is 0 Å². The van der Waals surface area contributed by atoms with Crippen molar-refractivity contribution in [2.75, 3.05) is 0 Å². The van der Waals surface area contributed by atoms with E-state index >= 15 is 0 Å². The average molecular weight is 265 g/mol. The van der Waals surface area contributed by atoms with Crippen LogP contribution in [0.5, 0.6) is 0 Å². The van der Waals surface area contributed by atoms with Gasteiger partial charge in [0.1, 0.15) is 0 Å². The molecule has 4 heteroatoms. The Labute approximate surface area is 104 Å². The first-order chi connectivity index (χ1) is 7.50. The molecule has 0 aromatic heterocycles. The summed E-state index contributed by atoms with van der Waals surface area (Å²) in [4.78, 5) is 0. The van der Waals surface area contributed by atoms with Crippen LogP contribution in [0.4, 0.5) is 8.78 Å². The number of benzene rings is 1. The molecule has 1 aromatic rings. The van der Waals surface area contributed by atoms with Crippen LogP contribution in [0.2, 0.25) is 5.02 Å². The van der Waals surface area contributed by atoms with Gasteiger partial charge in [0.2, 0.25) is 0 Å². The second kappa shape index (κ2) is 4.50. The van der Waals surface area contributed by atoms with Crippen molar-refractivity contribution in [3.63, 3.8) is 0 Å². The van der Waals surface area contributed by atoms with Gasteiger partial charge in [-0.2, -0.15) is 0 Å². The van der Waals surface area contributed by atoms with Gasteiger partial charge in [-0.25, -0.2) is 8.78 Å². The molecule has 0 fully saturated rings. The van der Waals surface area contributed by atoms with Crippen LogP contribution in [0.15, 0.2) is 6.07 Å². The molecular formula is C12H12Cl2F2. The smallest absolute Gasteiger partial charge is 0.163 e. The van der Waals surface area contributed by atoms with Gasteiger partial charge < -0.3 is 0 Å². The number of hydrogen-bond donors (Lipinski definition) is 0. The maximum Gasteiger partial charge on any atom is 0.163 e. The highest BCUT2D eigenvalue weighted by Gasteiger charge is 2.27.